The number of aryl methyl sites for hydroxylation is 2. The number of hydrogen-bond donors (Lipinski definition) is 2. The number of methoxy groups -OCH3 is 1. The normalized spacial score (nSPS) is 11.6. The zero-order valence-corrected chi connectivity index (χ0v) is 12.4. The van der Waals surface area contributed by atoms with E-state index in [0.717, 1.165) is 5.56 Å². The van der Waals surface area contributed by atoms with E-state index in [4.69, 9.17) is 4.74 Å². The average molecular weight is 295 g/mol. The molecule has 0 bridgehead atoms. The number of benzene rings is 1. The van der Waals surface area contributed by atoms with E-state index < -0.39 is 10.0 Å². The number of aromatic amines is 1. The van der Waals surface area contributed by atoms with E-state index in [-0.39, 0.29) is 11.4 Å². The topological polar surface area (TPSA) is 84.1 Å². The second kappa shape index (κ2) is 5.64. The molecule has 0 unspecified atom stereocenters. The molecule has 20 heavy (non-hydrogen) atoms. The molecule has 2 aromatic rings. The first-order chi connectivity index (χ1) is 9.45. The lowest BCUT2D eigenvalue weighted by atomic mass is 10.2. The van der Waals surface area contributed by atoms with Crippen LogP contribution < -0.4 is 9.46 Å². The summed E-state index contributed by atoms with van der Waals surface area (Å²) in [6, 6.07) is 7.27. The number of nitrogens with zero attached hydrogens (tertiary/aromatic N) is 1. The molecular formula is C13H17N3O3S. The maximum atomic E-state index is 12.3. The summed E-state index contributed by atoms with van der Waals surface area (Å²) in [4.78, 5) is 0.201. The molecule has 1 aromatic carbocycles. The summed E-state index contributed by atoms with van der Waals surface area (Å²) in [7, 11) is -2.05. The van der Waals surface area contributed by atoms with Gasteiger partial charge in [-0.25, -0.2) is 13.1 Å². The maximum absolute atomic E-state index is 12.3. The molecule has 0 aliphatic carbocycles. The Labute approximate surface area is 118 Å². The molecule has 2 rings (SSSR count). The number of aromatic nitrogens is 2. The number of nitrogens with one attached hydrogen (secondary N) is 2. The molecule has 0 atom stereocenters. The Hall–Kier alpha value is -1.86. The lowest BCUT2D eigenvalue weighted by Gasteiger charge is -2.10. The van der Waals surface area contributed by atoms with E-state index >= 15 is 0 Å². The molecular weight excluding hydrogens is 278 g/mol. The van der Waals surface area contributed by atoms with Gasteiger partial charge in [-0.05, 0) is 19.9 Å². The lowest BCUT2D eigenvalue weighted by molar-refractivity contribution is 0.409. The highest BCUT2D eigenvalue weighted by Crippen LogP contribution is 2.20. The molecule has 0 radical (unpaired) electrons. The number of rotatable bonds is 5. The molecule has 108 valence electrons. The number of H-pyrrole nitrogens is 1. The van der Waals surface area contributed by atoms with E-state index in [9.17, 15) is 8.42 Å². The standard InChI is InChI=1S/C13H17N3O3S/c1-9-13(10(2)16-15-9)20(17,18)14-8-11-6-4-5-7-12(11)19-3/h4-7,14H,8H2,1-3H3,(H,15,16). The highest BCUT2D eigenvalue weighted by Gasteiger charge is 2.22. The fraction of sp³-hybridized carbons (Fsp3) is 0.308. The van der Waals surface area contributed by atoms with Crippen molar-refractivity contribution in [2.24, 2.45) is 0 Å². The minimum absolute atomic E-state index is 0.163. The van der Waals surface area contributed by atoms with Crippen molar-refractivity contribution in [1.29, 1.82) is 0 Å². The number of para-hydroxylation sites is 1. The number of ether oxygens (including phenoxy) is 1. The van der Waals surface area contributed by atoms with Crippen LogP contribution in [0.25, 0.3) is 0 Å². The summed E-state index contributed by atoms with van der Waals surface area (Å²) < 4.78 is 32.4. The Morgan fingerprint density at radius 2 is 2.00 bits per heavy atom. The smallest absolute Gasteiger partial charge is 0.244 e. The molecule has 0 saturated heterocycles. The van der Waals surface area contributed by atoms with Crippen LogP contribution >= 0.6 is 0 Å². The molecule has 0 aliphatic heterocycles. The zero-order chi connectivity index (χ0) is 14.8. The fourth-order valence-electron chi connectivity index (χ4n) is 2.03. The Morgan fingerprint density at radius 1 is 1.30 bits per heavy atom. The van der Waals surface area contributed by atoms with Crippen LogP contribution in [0.2, 0.25) is 0 Å². The predicted octanol–water partition coefficient (Wildman–Crippen LogP) is 1.51. The van der Waals surface area contributed by atoms with Crippen LogP contribution in [0.1, 0.15) is 17.0 Å². The third-order valence-corrected chi connectivity index (χ3v) is 4.64. The summed E-state index contributed by atoms with van der Waals surface area (Å²) >= 11 is 0. The largest absolute Gasteiger partial charge is 0.496 e. The maximum Gasteiger partial charge on any atom is 0.244 e. The van der Waals surface area contributed by atoms with Crippen LogP contribution in [0.5, 0.6) is 5.75 Å². The first-order valence-electron chi connectivity index (χ1n) is 6.09. The van der Waals surface area contributed by atoms with Crippen molar-refractivity contribution in [3.63, 3.8) is 0 Å². The summed E-state index contributed by atoms with van der Waals surface area (Å²) in [5.74, 6) is 0.649. The van der Waals surface area contributed by atoms with Gasteiger partial charge >= 0.3 is 0 Å². The Morgan fingerprint density at radius 3 is 2.60 bits per heavy atom. The quantitative estimate of drug-likeness (QED) is 0.876. The van der Waals surface area contributed by atoms with Crippen molar-refractivity contribution < 1.29 is 13.2 Å². The zero-order valence-electron chi connectivity index (χ0n) is 11.6. The van der Waals surface area contributed by atoms with Gasteiger partial charge in [0.2, 0.25) is 10.0 Å². The first-order valence-corrected chi connectivity index (χ1v) is 7.57. The Kier molecular flexibility index (Phi) is 4.10. The van der Waals surface area contributed by atoms with Gasteiger partial charge in [-0.1, -0.05) is 18.2 Å². The third kappa shape index (κ3) is 2.83. The van der Waals surface area contributed by atoms with Gasteiger partial charge in [-0.3, -0.25) is 5.10 Å². The molecule has 0 spiro atoms. The molecule has 6 nitrogen and oxygen atoms in total. The van der Waals surface area contributed by atoms with Crippen molar-refractivity contribution in [2.45, 2.75) is 25.3 Å². The monoisotopic (exact) mass is 295 g/mol. The highest BCUT2D eigenvalue weighted by molar-refractivity contribution is 7.89. The molecule has 0 saturated carbocycles. The van der Waals surface area contributed by atoms with E-state index in [1.54, 1.807) is 27.0 Å². The molecule has 0 fully saturated rings. The summed E-state index contributed by atoms with van der Waals surface area (Å²) in [6.07, 6.45) is 0. The van der Waals surface area contributed by atoms with Crippen molar-refractivity contribution in [2.75, 3.05) is 7.11 Å². The third-order valence-electron chi connectivity index (χ3n) is 2.97. The Balaban J connectivity index is 2.22. The van der Waals surface area contributed by atoms with Gasteiger partial charge in [0, 0.05) is 12.1 Å². The number of sulfonamides is 1. The SMILES string of the molecule is COc1ccccc1CNS(=O)(=O)c1c(C)n[nH]c1C. The lowest BCUT2D eigenvalue weighted by Crippen LogP contribution is -2.24. The van der Waals surface area contributed by atoms with Crippen LogP contribution in [0.3, 0.4) is 0 Å². The van der Waals surface area contributed by atoms with Crippen molar-refractivity contribution in [3.05, 3.63) is 41.2 Å². The van der Waals surface area contributed by atoms with Crippen LogP contribution in [0.15, 0.2) is 29.2 Å². The van der Waals surface area contributed by atoms with Crippen LogP contribution in [-0.4, -0.2) is 25.7 Å². The van der Waals surface area contributed by atoms with Crippen molar-refractivity contribution in [3.8, 4) is 5.75 Å². The van der Waals surface area contributed by atoms with Gasteiger partial charge < -0.3 is 4.74 Å². The van der Waals surface area contributed by atoms with Crippen LogP contribution in [0, 0.1) is 13.8 Å². The van der Waals surface area contributed by atoms with Crippen LogP contribution in [0.4, 0.5) is 0 Å². The van der Waals surface area contributed by atoms with Gasteiger partial charge in [0.05, 0.1) is 18.5 Å². The Bertz CT molecular complexity index is 688. The van der Waals surface area contributed by atoms with E-state index in [0.29, 0.717) is 17.1 Å². The van der Waals surface area contributed by atoms with Gasteiger partial charge in [0.25, 0.3) is 0 Å². The molecule has 2 N–H and O–H groups in total. The second-order valence-electron chi connectivity index (χ2n) is 4.40. The van der Waals surface area contributed by atoms with E-state index in [1.807, 2.05) is 18.2 Å². The highest BCUT2D eigenvalue weighted by atomic mass is 32.2. The summed E-state index contributed by atoms with van der Waals surface area (Å²) in [5.41, 5.74) is 1.75. The predicted molar refractivity (Wildman–Crippen MR) is 75.1 cm³/mol. The molecule has 1 aromatic heterocycles. The number of hydrogen-bond acceptors (Lipinski definition) is 4. The average Bonchev–Trinajstić information content (AvgIpc) is 2.77. The van der Waals surface area contributed by atoms with E-state index in [2.05, 4.69) is 14.9 Å². The van der Waals surface area contributed by atoms with Crippen molar-refractivity contribution >= 4 is 10.0 Å². The molecule has 0 amide bonds. The van der Waals surface area contributed by atoms with Crippen LogP contribution in [-0.2, 0) is 16.6 Å². The second-order valence-corrected chi connectivity index (χ2v) is 6.10. The van der Waals surface area contributed by atoms with Gasteiger partial charge in [0.15, 0.2) is 0 Å². The molecule has 7 heteroatoms. The molecule has 0 aliphatic rings. The molecule has 1 heterocycles. The summed E-state index contributed by atoms with van der Waals surface area (Å²) in [6.45, 7) is 3.50. The first kappa shape index (κ1) is 14.5. The van der Waals surface area contributed by atoms with Gasteiger partial charge in [-0.2, -0.15) is 5.10 Å². The summed E-state index contributed by atoms with van der Waals surface area (Å²) in [5, 5.41) is 6.57. The van der Waals surface area contributed by atoms with E-state index in [1.165, 1.54) is 0 Å². The minimum atomic E-state index is -3.60. The van der Waals surface area contributed by atoms with Crippen molar-refractivity contribution in [1.82, 2.24) is 14.9 Å². The minimum Gasteiger partial charge on any atom is -0.496 e. The van der Waals surface area contributed by atoms with Gasteiger partial charge in [-0.15, -0.1) is 0 Å². The fourth-order valence-corrected chi connectivity index (χ4v) is 3.40. The van der Waals surface area contributed by atoms with Gasteiger partial charge in [0.1, 0.15) is 10.6 Å².